The zero-order valence-electron chi connectivity index (χ0n) is 7.53. The van der Waals surface area contributed by atoms with Gasteiger partial charge in [-0.3, -0.25) is 0 Å². The first kappa shape index (κ1) is 11.7. The van der Waals surface area contributed by atoms with Gasteiger partial charge in [0.15, 0.2) is 5.60 Å². The molecular weight excluding hydrogens is 178 g/mol. The molecule has 3 N–H and O–H groups in total. The number of hydrogen-bond donors (Lipinski definition) is 3. The molecule has 0 saturated carbocycles. The van der Waals surface area contributed by atoms with Crippen LogP contribution in [0.15, 0.2) is 0 Å². The molecule has 1 unspecified atom stereocenters. The van der Waals surface area contributed by atoms with Crippen LogP contribution in [0.3, 0.4) is 0 Å². The van der Waals surface area contributed by atoms with Crippen LogP contribution in [0, 0.1) is 0 Å². The fourth-order valence-electron chi connectivity index (χ4n) is 0.502. The molecule has 1 atom stereocenters. The molecule has 6 nitrogen and oxygen atoms in total. The zero-order valence-corrected chi connectivity index (χ0v) is 7.53. The van der Waals surface area contributed by atoms with Gasteiger partial charge in [-0.15, -0.1) is 0 Å². The molecule has 0 spiro atoms. The normalized spacial score (nSPS) is 14.4. The predicted molar refractivity (Wildman–Crippen MR) is 43.3 cm³/mol. The lowest BCUT2D eigenvalue weighted by molar-refractivity contribution is -0.155. The molecule has 0 bridgehead atoms. The number of carboxylic acid groups (broad SMARTS) is 1. The van der Waals surface area contributed by atoms with E-state index >= 15 is 0 Å². The van der Waals surface area contributed by atoms with Crippen LogP contribution in [0.4, 0.5) is 4.79 Å². The largest absolute Gasteiger partial charge is 0.479 e. The number of aliphatic hydroxyl groups is 1. The van der Waals surface area contributed by atoms with Crippen molar-refractivity contribution >= 4 is 12.1 Å². The van der Waals surface area contributed by atoms with Crippen LogP contribution in [0.5, 0.6) is 0 Å². The van der Waals surface area contributed by atoms with Gasteiger partial charge in [0.2, 0.25) is 0 Å². The van der Waals surface area contributed by atoms with Crippen LogP contribution >= 0.6 is 0 Å². The summed E-state index contributed by atoms with van der Waals surface area (Å²) in [7, 11) is 0. The number of carboxylic acids is 1. The second-order valence-electron chi connectivity index (χ2n) is 2.65. The Balaban J connectivity index is 3.88. The van der Waals surface area contributed by atoms with E-state index < -0.39 is 17.7 Å². The highest BCUT2D eigenvalue weighted by Gasteiger charge is 2.30. The van der Waals surface area contributed by atoms with E-state index in [9.17, 15) is 9.59 Å². The Morgan fingerprint density at radius 2 is 2.08 bits per heavy atom. The SMILES string of the molecule is CCOC(=O)NCC(C)(O)C(=O)O. The minimum absolute atomic E-state index is 0.195. The standard InChI is InChI=1S/C7H13NO5/c1-3-13-6(11)8-4-7(2,12)5(9)10/h12H,3-4H2,1-2H3,(H,8,11)(H,9,10). The second kappa shape index (κ2) is 4.66. The third kappa shape index (κ3) is 4.32. The number of hydrogen-bond acceptors (Lipinski definition) is 4. The van der Waals surface area contributed by atoms with Crippen molar-refractivity contribution in [3.05, 3.63) is 0 Å². The molecule has 6 heteroatoms. The molecule has 0 aromatic carbocycles. The van der Waals surface area contributed by atoms with Gasteiger partial charge in [0, 0.05) is 0 Å². The maximum Gasteiger partial charge on any atom is 0.407 e. The Hall–Kier alpha value is -1.30. The van der Waals surface area contributed by atoms with Crippen molar-refractivity contribution in [1.29, 1.82) is 0 Å². The quantitative estimate of drug-likeness (QED) is 0.560. The fourth-order valence-corrected chi connectivity index (χ4v) is 0.502. The van der Waals surface area contributed by atoms with Gasteiger partial charge in [0.1, 0.15) is 0 Å². The van der Waals surface area contributed by atoms with Crippen molar-refractivity contribution < 1.29 is 24.5 Å². The topological polar surface area (TPSA) is 95.9 Å². The van der Waals surface area contributed by atoms with Gasteiger partial charge >= 0.3 is 12.1 Å². The van der Waals surface area contributed by atoms with Crippen LogP contribution in [0.25, 0.3) is 0 Å². The maximum atomic E-state index is 10.7. The second-order valence-corrected chi connectivity index (χ2v) is 2.65. The molecule has 0 aliphatic heterocycles. The molecule has 0 aromatic rings. The number of rotatable bonds is 4. The minimum Gasteiger partial charge on any atom is -0.479 e. The number of aliphatic carboxylic acids is 1. The summed E-state index contributed by atoms with van der Waals surface area (Å²) in [5, 5.41) is 19.7. The van der Waals surface area contributed by atoms with E-state index in [2.05, 4.69) is 10.1 Å². The van der Waals surface area contributed by atoms with Gasteiger partial charge in [-0.05, 0) is 13.8 Å². The summed E-state index contributed by atoms with van der Waals surface area (Å²) >= 11 is 0. The van der Waals surface area contributed by atoms with Crippen molar-refractivity contribution in [3.63, 3.8) is 0 Å². The summed E-state index contributed by atoms with van der Waals surface area (Å²) in [6.45, 7) is 2.51. The monoisotopic (exact) mass is 191 g/mol. The number of alkyl carbamates (subject to hydrolysis) is 1. The molecule has 0 aliphatic carbocycles. The number of carbonyl (C=O) groups excluding carboxylic acids is 1. The average Bonchev–Trinajstić information content (AvgIpc) is 2.01. The van der Waals surface area contributed by atoms with Crippen molar-refractivity contribution in [2.75, 3.05) is 13.2 Å². The van der Waals surface area contributed by atoms with E-state index in [-0.39, 0.29) is 13.2 Å². The fraction of sp³-hybridized carbons (Fsp3) is 0.714. The number of ether oxygens (including phenoxy) is 1. The van der Waals surface area contributed by atoms with Crippen LogP contribution in [0.2, 0.25) is 0 Å². The Morgan fingerprint density at radius 3 is 2.46 bits per heavy atom. The van der Waals surface area contributed by atoms with Gasteiger partial charge < -0.3 is 20.3 Å². The first-order chi connectivity index (χ1) is 5.90. The van der Waals surface area contributed by atoms with Crippen molar-refractivity contribution in [2.24, 2.45) is 0 Å². The van der Waals surface area contributed by atoms with Crippen LogP contribution in [0.1, 0.15) is 13.8 Å². The van der Waals surface area contributed by atoms with Crippen molar-refractivity contribution in [2.45, 2.75) is 19.4 Å². The average molecular weight is 191 g/mol. The lowest BCUT2D eigenvalue weighted by Gasteiger charge is -2.17. The van der Waals surface area contributed by atoms with Gasteiger partial charge in [0.25, 0.3) is 0 Å². The number of amides is 1. The lowest BCUT2D eigenvalue weighted by Crippen LogP contribution is -2.46. The van der Waals surface area contributed by atoms with Crippen LogP contribution in [-0.4, -0.2) is 41.0 Å². The third-order valence-electron chi connectivity index (χ3n) is 1.31. The molecule has 0 heterocycles. The molecule has 0 aliphatic rings. The lowest BCUT2D eigenvalue weighted by atomic mass is 10.1. The van der Waals surface area contributed by atoms with Gasteiger partial charge in [-0.25, -0.2) is 9.59 Å². The number of nitrogens with one attached hydrogen (secondary N) is 1. The molecule has 76 valence electrons. The van der Waals surface area contributed by atoms with Crippen molar-refractivity contribution in [3.8, 4) is 0 Å². The van der Waals surface area contributed by atoms with E-state index in [1.807, 2.05) is 0 Å². The molecule has 0 aromatic heterocycles. The summed E-state index contributed by atoms with van der Waals surface area (Å²) in [6, 6.07) is 0. The van der Waals surface area contributed by atoms with Gasteiger partial charge in [0.05, 0.1) is 13.2 Å². The molecule has 0 radical (unpaired) electrons. The van der Waals surface area contributed by atoms with E-state index in [1.165, 1.54) is 0 Å². The van der Waals surface area contributed by atoms with E-state index in [0.29, 0.717) is 0 Å². The van der Waals surface area contributed by atoms with E-state index in [4.69, 9.17) is 10.2 Å². The first-order valence-electron chi connectivity index (χ1n) is 3.76. The molecule has 13 heavy (non-hydrogen) atoms. The Labute approximate surface area is 75.5 Å². The summed E-state index contributed by atoms with van der Waals surface area (Å²) in [5.41, 5.74) is -1.97. The third-order valence-corrected chi connectivity index (χ3v) is 1.31. The Kier molecular flexibility index (Phi) is 4.19. The molecular formula is C7H13NO5. The van der Waals surface area contributed by atoms with Gasteiger partial charge in [-0.2, -0.15) is 0 Å². The summed E-state index contributed by atoms with van der Waals surface area (Å²) < 4.78 is 4.46. The summed E-state index contributed by atoms with van der Waals surface area (Å²) in [5.74, 6) is -1.40. The first-order valence-corrected chi connectivity index (χ1v) is 3.76. The molecule has 0 saturated heterocycles. The smallest absolute Gasteiger partial charge is 0.407 e. The molecule has 0 fully saturated rings. The maximum absolute atomic E-state index is 10.7. The molecule has 0 rings (SSSR count). The Morgan fingerprint density at radius 1 is 1.54 bits per heavy atom. The summed E-state index contributed by atoms with van der Waals surface area (Å²) in [6.07, 6.45) is -0.746. The zero-order chi connectivity index (χ0) is 10.5. The molecule has 1 amide bonds. The highest BCUT2D eigenvalue weighted by Crippen LogP contribution is 2.00. The summed E-state index contributed by atoms with van der Waals surface area (Å²) in [4.78, 5) is 21.0. The van der Waals surface area contributed by atoms with Gasteiger partial charge in [-0.1, -0.05) is 0 Å². The number of carbonyl (C=O) groups is 2. The van der Waals surface area contributed by atoms with E-state index in [0.717, 1.165) is 6.92 Å². The van der Waals surface area contributed by atoms with Crippen LogP contribution < -0.4 is 5.32 Å². The highest BCUT2D eigenvalue weighted by molar-refractivity contribution is 5.78. The minimum atomic E-state index is -1.97. The van der Waals surface area contributed by atoms with Crippen LogP contribution in [-0.2, 0) is 9.53 Å². The van der Waals surface area contributed by atoms with E-state index in [1.54, 1.807) is 6.92 Å². The van der Waals surface area contributed by atoms with Crippen molar-refractivity contribution in [1.82, 2.24) is 5.32 Å². The predicted octanol–water partition coefficient (Wildman–Crippen LogP) is -0.432. The highest BCUT2D eigenvalue weighted by atomic mass is 16.5. The Bertz CT molecular complexity index is 201.